The molecule has 5 nitrogen and oxygen atoms in total. The molecule has 0 unspecified atom stereocenters. The van der Waals surface area contributed by atoms with E-state index in [4.69, 9.17) is 9.47 Å². The number of hydrogen-bond acceptors (Lipinski definition) is 5. The van der Waals surface area contributed by atoms with E-state index in [9.17, 15) is 4.39 Å². The van der Waals surface area contributed by atoms with E-state index in [0.29, 0.717) is 29.6 Å². The van der Waals surface area contributed by atoms with Crippen LogP contribution in [0.2, 0.25) is 0 Å². The van der Waals surface area contributed by atoms with Gasteiger partial charge in [0, 0.05) is 23.9 Å². The first-order valence-electron chi connectivity index (χ1n) is 8.29. The van der Waals surface area contributed by atoms with Gasteiger partial charge in [0.2, 0.25) is 0 Å². The van der Waals surface area contributed by atoms with Crippen molar-refractivity contribution < 1.29 is 13.9 Å². The lowest BCUT2D eigenvalue weighted by molar-refractivity contribution is 0.394. The van der Waals surface area contributed by atoms with Crippen LogP contribution in [0, 0.1) is 5.82 Å². The molecule has 27 heavy (non-hydrogen) atoms. The van der Waals surface area contributed by atoms with E-state index in [-0.39, 0.29) is 5.82 Å². The molecule has 0 bridgehead atoms. The number of hydrogen-bond donors (Lipinski definition) is 0. The van der Waals surface area contributed by atoms with Crippen molar-refractivity contribution in [3.63, 3.8) is 0 Å². The molecule has 0 radical (unpaired) electrons. The van der Waals surface area contributed by atoms with Gasteiger partial charge in [-0.05, 0) is 29.8 Å². The van der Waals surface area contributed by atoms with Crippen LogP contribution in [0.4, 0.5) is 4.39 Å². The minimum absolute atomic E-state index is 0.246. The molecule has 3 rings (SSSR count). The molecule has 0 atom stereocenters. The van der Waals surface area contributed by atoms with Gasteiger partial charge in [-0.2, -0.15) is 0 Å². The lowest BCUT2D eigenvalue weighted by atomic mass is 10.2. The number of aromatic nitrogens is 3. The first-order chi connectivity index (χ1) is 13.1. The van der Waals surface area contributed by atoms with Crippen molar-refractivity contribution in [2.75, 3.05) is 14.2 Å². The maximum Gasteiger partial charge on any atom is 0.192 e. The summed E-state index contributed by atoms with van der Waals surface area (Å²) in [5, 5.41) is 9.39. The summed E-state index contributed by atoms with van der Waals surface area (Å²) in [6, 6.07) is 12.1. The summed E-state index contributed by atoms with van der Waals surface area (Å²) in [6.07, 6.45) is 1.79. The smallest absolute Gasteiger partial charge is 0.192 e. The molecule has 0 aliphatic heterocycles. The first kappa shape index (κ1) is 19.0. The number of ether oxygens (including phenoxy) is 2. The Morgan fingerprint density at radius 2 is 1.85 bits per heavy atom. The molecular weight excluding hydrogens is 365 g/mol. The average molecular weight is 385 g/mol. The lowest BCUT2D eigenvalue weighted by Gasteiger charge is -2.10. The quantitative estimate of drug-likeness (QED) is 0.420. The Morgan fingerprint density at radius 1 is 1.11 bits per heavy atom. The fraction of sp³-hybridized carbons (Fsp3) is 0.200. The molecule has 3 aromatic rings. The first-order valence-corrected chi connectivity index (χ1v) is 9.28. The fourth-order valence-corrected chi connectivity index (χ4v) is 3.50. The minimum atomic E-state index is -0.246. The van der Waals surface area contributed by atoms with E-state index in [1.54, 1.807) is 32.4 Å². The Bertz CT molecular complexity index is 920. The summed E-state index contributed by atoms with van der Waals surface area (Å²) in [6.45, 7) is 4.37. The summed E-state index contributed by atoms with van der Waals surface area (Å²) >= 11 is 1.50. The fourth-order valence-electron chi connectivity index (χ4n) is 2.61. The third-order valence-electron chi connectivity index (χ3n) is 3.90. The van der Waals surface area contributed by atoms with Crippen molar-refractivity contribution in [1.82, 2.24) is 14.8 Å². The molecule has 0 N–H and O–H groups in total. The molecule has 0 aliphatic carbocycles. The molecule has 2 aromatic carbocycles. The third kappa shape index (κ3) is 4.49. The molecule has 0 amide bonds. The monoisotopic (exact) mass is 385 g/mol. The lowest BCUT2D eigenvalue weighted by Crippen LogP contribution is -2.01. The SMILES string of the molecule is C=CCn1c(SCc2cccc(F)c2)nnc1-c1cc(OC)cc(OC)c1. The number of methoxy groups -OCH3 is 2. The predicted molar refractivity (Wildman–Crippen MR) is 105 cm³/mol. The Morgan fingerprint density at radius 3 is 2.48 bits per heavy atom. The average Bonchev–Trinajstić information content (AvgIpc) is 3.09. The zero-order chi connectivity index (χ0) is 19.2. The second-order valence-electron chi connectivity index (χ2n) is 5.73. The van der Waals surface area contributed by atoms with E-state index in [1.165, 1.54) is 23.9 Å². The summed E-state index contributed by atoms with van der Waals surface area (Å²) in [4.78, 5) is 0. The maximum absolute atomic E-state index is 13.4. The van der Waals surface area contributed by atoms with Gasteiger partial charge in [-0.15, -0.1) is 16.8 Å². The summed E-state index contributed by atoms with van der Waals surface area (Å²) in [5.41, 5.74) is 1.72. The Hall–Kier alpha value is -2.80. The van der Waals surface area contributed by atoms with E-state index in [1.807, 2.05) is 22.8 Å². The molecule has 0 fully saturated rings. The number of thioether (sulfide) groups is 1. The standard InChI is InChI=1S/C20H20FN3O2S/c1-4-8-24-19(15-10-17(25-2)12-18(11-15)26-3)22-23-20(24)27-13-14-6-5-7-16(21)9-14/h4-7,9-12H,1,8,13H2,2-3H3. The highest BCUT2D eigenvalue weighted by atomic mass is 32.2. The summed E-state index contributed by atoms with van der Waals surface area (Å²) < 4.78 is 26.0. The van der Waals surface area contributed by atoms with E-state index in [0.717, 1.165) is 16.3 Å². The highest BCUT2D eigenvalue weighted by molar-refractivity contribution is 7.98. The Balaban J connectivity index is 1.92. The van der Waals surface area contributed by atoms with Gasteiger partial charge < -0.3 is 9.47 Å². The second-order valence-corrected chi connectivity index (χ2v) is 6.67. The van der Waals surface area contributed by atoms with E-state index < -0.39 is 0 Å². The van der Waals surface area contributed by atoms with Crippen molar-refractivity contribution in [1.29, 1.82) is 0 Å². The Kier molecular flexibility index (Phi) is 6.13. The van der Waals surface area contributed by atoms with Gasteiger partial charge in [0.1, 0.15) is 17.3 Å². The van der Waals surface area contributed by atoms with Gasteiger partial charge in [-0.25, -0.2) is 4.39 Å². The van der Waals surface area contributed by atoms with Crippen molar-refractivity contribution in [2.45, 2.75) is 17.5 Å². The van der Waals surface area contributed by atoms with Crippen molar-refractivity contribution in [3.05, 3.63) is 66.5 Å². The molecule has 0 aliphatic rings. The Labute approximate surface area is 161 Å². The highest BCUT2D eigenvalue weighted by Gasteiger charge is 2.15. The van der Waals surface area contributed by atoms with Crippen LogP contribution >= 0.6 is 11.8 Å². The minimum Gasteiger partial charge on any atom is -0.497 e. The van der Waals surface area contributed by atoms with Crippen LogP contribution in [-0.2, 0) is 12.3 Å². The highest BCUT2D eigenvalue weighted by Crippen LogP contribution is 2.31. The molecular formula is C20H20FN3O2S. The van der Waals surface area contributed by atoms with Gasteiger partial charge >= 0.3 is 0 Å². The molecule has 1 aromatic heterocycles. The second kappa shape index (κ2) is 8.73. The van der Waals surface area contributed by atoms with Gasteiger partial charge in [-0.3, -0.25) is 4.57 Å². The van der Waals surface area contributed by atoms with Crippen LogP contribution in [0.1, 0.15) is 5.56 Å². The number of allylic oxidation sites excluding steroid dienone is 1. The third-order valence-corrected chi connectivity index (χ3v) is 4.93. The largest absolute Gasteiger partial charge is 0.497 e. The normalized spacial score (nSPS) is 10.6. The van der Waals surface area contributed by atoms with Crippen molar-refractivity contribution in [3.8, 4) is 22.9 Å². The van der Waals surface area contributed by atoms with Gasteiger partial charge in [0.15, 0.2) is 11.0 Å². The molecule has 0 saturated carbocycles. The number of benzene rings is 2. The van der Waals surface area contributed by atoms with Gasteiger partial charge in [0.05, 0.1) is 14.2 Å². The van der Waals surface area contributed by atoms with E-state index >= 15 is 0 Å². The van der Waals surface area contributed by atoms with Crippen LogP contribution in [0.3, 0.4) is 0 Å². The molecule has 140 valence electrons. The molecule has 1 heterocycles. The van der Waals surface area contributed by atoms with Gasteiger partial charge in [0.25, 0.3) is 0 Å². The topological polar surface area (TPSA) is 49.2 Å². The maximum atomic E-state index is 13.4. The van der Waals surface area contributed by atoms with Crippen molar-refractivity contribution >= 4 is 11.8 Å². The number of halogens is 1. The molecule has 7 heteroatoms. The van der Waals surface area contributed by atoms with Crippen LogP contribution in [-0.4, -0.2) is 29.0 Å². The van der Waals surface area contributed by atoms with Gasteiger partial charge in [-0.1, -0.05) is 30.0 Å². The number of rotatable bonds is 8. The van der Waals surface area contributed by atoms with Crippen LogP contribution in [0.5, 0.6) is 11.5 Å². The van der Waals surface area contributed by atoms with Crippen LogP contribution in [0.15, 0.2) is 60.3 Å². The summed E-state index contributed by atoms with van der Waals surface area (Å²) in [7, 11) is 3.21. The number of nitrogens with zero attached hydrogens (tertiary/aromatic N) is 3. The molecule has 0 spiro atoms. The van der Waals surface area contributed by atoms with Crippen LogP contribution < -0.4 is 9.47 Å². The zero-order valence-electron chi connectivity index (χ0n) is 15.2. The van der Waals surface area contributed by atoms with Crippen molar-refractivity contribution in [2.24, 2.45) is 0 Å². The zero-order valence-corrected chi connectivity index (χ0v) is 16.0. The molecule has 0 saturated heterocycles. The summed E-state index contributed by atoms with van der Waals surface area (Å²) in [5.74, 6) is 2.38. The van der Waals surface area contributed by atoms with Crippen LogP contribution in [0.25, 0.3) is 11.4 Å². The van der Waals surface area contributed by atoms with E-state index in [2.05, 4.69) is 16.8 Å². The predicted octanol–water partition coefficient (Wildman–Crippen LogP) is 4.58.